The molecule has 0 bridgehead atoms. The van der Waals surface area contributed by atoms with Crippen LogP contribution < -0.4 is 0 Å². The highest BCUT2D eigenvalue weighted by Gasteiger charge is 2.21. The molecule has 1 amide bonds. The second kappa shape index (κ2) is 9.32. The van der Waals surface area contributed by atoms with Gasteiger partial charge in [0.1, 0.15) is 10.2 Å². The monoisotopic (exact) mass is 444 g/mol. The number of benzene rings is 1. The summed E-state index contributed by atoms with van der Waals surface area (Å²) in [6, 6.07) is 7.76. The minimum atomic E-state index is 0.146. The van der Waals surface area contributed by atoms with Gasteiger partial charge in [0.15, 0.2) is 0 Å². The van der Waals surface area contributed by atoms with Gasteiger partial charge in [0, 0.05) is 45.3 Å². The molecule has 0 atom stereocenters. The molecule has 0 spiro atoms. The van der Waals surface area contributed by atoms with Gasteiger partial charge in [0.05, 0.1) is 28.7 Å². The number of hydrogen-bond donors (Lipinski definition) is 0. The van der Waals surface area contributed by atoms with Gasteiger partial charge in [-0.3, -0.25) is 19.4 Å². The number of fused-ring (bicyclic) bond motifs is 1. The summed E-state index contributed by atoms with van der Waals surface area (Å²) < 4.78 is 1.72. The van der Waals surface area contributed by atoms with E-state index in [9.17, 15) is 4.79 Å². The topological polar surface area (TPSA) is 67.2 Å². The number of halogens is 1. The number of amides is 1. The summed E-state index contributed by atoms with van der Waals surface area (Å²) in [4.78, 5) is 26.1. The molecule has 3 aromatic rings. The van der Waals surface area contributed by atoms with Crippen LogP contribution >= 0.6 is 23.4 Å². The predicted molar refractivity (Wildman–Crippen MR) is 120 cm³/mol. The lowest BCUT2D eigenvalue weighted by atomic mass is 10.2. The van der Waals surface area contributed by atoms with Crippen LogP contribution in [0, 0.1) is 6.92 Å². The number of aromatic nitrogens is 4. The molecule has 9 heteroatoms. The second-order valence-corrected chi connectivity index (χ2v) is 8.83. The molecule has 158 valence electrons. The van der Waals surface area contributed by atoms with Gasteiger partial charge >= 0.3 is 0 Å². The third-order valence-electron chi connectivity index (χ3n) is 5.36. The van der Waals surface area contributed by atoms with Gasteiger partial charge < -0.3 is 4.90 Å². The van der Waals surface area contributed by atoms with Gasteiger partial charge in [-0.15, -0.1) is 0 Å². The van der Waals surface area contributed by atoms with Gasteiger partial charge in [-0.25, -0.2) is 4.98 Å². The zero-order valence-corrected chi connectivity index (χ0v) is 18.8. The highest BCUT2D eigenvalue weighted by Crippen LogP contribution is 2.22. The maximum Gasteiger partial charge on any atom is 0.233 e. The van der Waals surface area contributed by atoms with Crippen molar-refractivity contribution in [3.63, 3.8) is 0 Å². The molecule has 7 nitrogen and oxygen atoms in total. The van der Waals surface area contributed by atoms with Crippen molar-refractivity contribution < 1.29 is 4.79 Å². The lowest BCUT2D eigenvalue weighted by molar-refractivity contribution is -0.128. The molecule has 1 aliphatic rings. The molecule has 1 saturated heterocycles. The molecule has 3 heterocycles. The summed E-state index contributed by atoms with van der Waals surface area (Å²) in [6.07, 6.45) is 2.69. The Balaban J connectivity index is 1.31. The molecule has 1 fully saturated rings. The van der Waals surface area contributed by atoms with Crippen molar-refractivity contribution >= 4 is 40.3 Å². The van der Waals surface area contributed by atoms with Gasteiger partial charge in [-0.1, -0.05) is 35.5 Å². The quantitative estimate of drug-likeness (QED) is 0.563. The van der Waals surface area contributed by atoms with Crippen molar-refractivity contribution in [1.29, 1.82) is 0 Å². The molecule has 0 radical (unpaired) electrons. The van der Waals surface area contributed by atoms with E-state index in [1.54, 1.807) is 10.9 Å². The maximum absolute atomic E-state index is 12.8. The molecule has 0 unspecified atom stereocenters. The Morgan fingerprint density at radius 3 is 2.73 bits per heavy atom. The first-order chi connectivity index (χ1) is 14.5. The van der Waals surface area contributed by atoms with Crippen LogP contribution in [0.5, 0.6) is 0 Å². The maximum atomic E-state index is 12.8. The van der Waals surface area contributed by atoms with Crippen LogP contribution in [0.25, 0.3) is 11.0 Å². The third-order valence-corrected chi connectivity index (χ3v) is 6.72. The summed E-state index contributed by atoms with van der Waals surface area (Å²) in [5, 5.41) is 5.86. The van der Waals surface area contributed by atoms with E-state index in [-0.39, 0.29) is 5.91 Å². The number of para-hydroxylation sites is 2. The molecule has 0 aliphatic carbocycles. The minimum absolute atomic E-state index is 0.146. The van der Waals surface area contributed by atoms with Crippen LogP contribution in [-0.4, -0.2) is 67.4 Å². The van der Waals surface area contributed by atoms with Crippen LogP contribution in [-0.2, 0) is 18.4 Å². The summed E-state index contributed by atoms with van der Waals surface area (Å²) in [6.45, 7) is 6.02. The summed E-state index contributed by atoms with van der Waals surface area (Å²) in [7, 11) is 1.86. The largest absolute Gasteiger partial charge is 0.341 e. The molecule has 1 aliphatic heterocycles. The number of rotatable bonds is 5. The lowest BCUT2D eigenvalue weighted by Gasteiger charge is -2.22. The predicted octanol–water partition coefficient (Wildman–Crippen LogP) is 3.15. The van der Waals surface area contributed by atoms with Gasteiger partial charge in [0.25, 0.3) is 0 Å². The van der Waals surface area contributed by atoms with Crippen LogP contribution in [0.3, 0.4) is 0 Å². The third kappa shape index (κ3) is 4.77. The number of aryl methyl sites for hydroxylation is 2. The molecular formula is C21H25ClN6OS. The van der Waals surface area contributed by atoms with Crippen molar-refractivity contribution in [2.75, 3.05) is 31.9 Å². The van der Waals surface area contributed by atoms with E-state index in [0.717, 1.165) is 66.5 Å². The highest BCUT2D eigenvalue weighted by molar-refractivity contribution is 7.99. The van der Waals surface area contributed by atoms with E-state index < -0.39 is 0 Å². The number of carbonyl (C=O) groups excluding carboxylic acids is 1. The molecule has 0 saturated carbocycles. The molecule has 30 heavy (non-hydrogen) atoms. The van der Waals surface area contributed by atoms with Gasteiger partial charge in [-0.05, 0) is 25.5 Å². The first kappa shape index (κ1) is 21.1. The standard InChI is InChI=1S/C21H25ClN6OS/c1-15-16(21(22)26(2)25-15)13-27-8-5-9-28(11-10-27)20(29)14-30-19-12-23-17-6-3-4-7-18(17)24-19/h3-4,6-7,12H,5,8-11,13-14H2,1-2H3. The summed E-state index contributed by atoms with van der Waals surface area (Å²) in [5.41, 5.74) is 3.76. The average Bonchev–Trinajstić information content (AvgIpc) is 2.92. The fourth-order valence-corrected chi connectivity index (χ4v) is 4.67. The first-order valence-corrected chi connectivity index (χ1v) is 11.4. The molecule has 2 aromatic heterocycles. The van der Waals surface area contributed by atoms with Crippen LogP contribution in [0.1, 0.15) is 17.7 Å². The van der Waals surface area contributed by atoms with Crippen LogP contribution in [0.15, 0.2) is 35.5 Å². The van der Waals surface area contributed by atoms with Gasteiger partial charge in [-0.2, -0.15) is 5.10 Å². The SMILES string of the molecule is Cc1nn(C)c(Cl)c1CN1CCCN(C(=O)CSc2cnc3ccccc3n2)CC1. The van der Waals surface area contributed by atoms with E-state index in [2.05, 4.69) is 20.0 Å². The number of nitrogens with zero attached hydrogens (tertiary/aromatic N) is 6. The lowest BCUT2D eigenvalue weighted by Crippen LogP contribution is -2.36. The Morgan fingerprint density at radius 2 is 1.97 bits per heavy atom. The average molecular weight is 445 g/mol. The molecule has 1 aromatic carbocycles. The van der Waals surface area contributed by atoms with E-state index in [1.165, 1.54) is 11.8 Å². The van der Waals surface area contributed by atoms with Gasteiger partial charge in [0.2, 0.25) is 5.91 Å². The minimum Gasteiger partial charge on any atom is -0.341 e. The molecular weight excluding hydrogens is 420 g/mol. The summed E-state index contributed by atoms with van der Waals surface area (Å²) >= 11 is 7.83. The Hall–Kier alpha value is -2.16. The van der Waals surface area contributed by atoms with E-state index >= 15 is 0 Å². The highest BCUT2D eigenvalue weighted by atomic mass is 35.5. The number of hydrogen-bond acceptors (Lipinski definition) is 6. The Kier molecular flexibility index (Phi) is 6.55. The Labute approximate surface area is 185 Å². The van der Waals surface area contributed by atoms with E-state index in [0.29, 0.717) is 10.9 Å². The molecule has 0 N–H and O–H groups in total. The normalized spacial score (nSPS) is 15.5. The van der Waals surface area contributed by atoms with Crippen molar-refractivity contribution in [3.05, 3.63) is 46.9 Å². The number of carbonyl (C=O) groups is 1. The smallest absolute Gasteiger partial charge is 0.233 e. The fourth-order valence-electron chi connectivity index (χ4n) is 3.69. The Bertz CT molecular complexity index is 1060. The first-order valence-electron chi connectivity index (χ1n) is 10.0. The Morgan fingerprint density at radius 1 is 1.17 bits per heavy atom. The van der Waals surface area contributed by atoms with Crippen molar-refractivity contribution in [3.8, 4) is 0 Å². The fraction of sp³-hybridized carbons (Fsp3) is 0.429. The second-order valence-electron chi connectivity index (χ2n) is 7.47. The van der Waals surface area contributed by atoms with E-state index in [4.69, 9.17) is 11.6 Å². The van der Waals surface area contributed by atoms with E-state index in [1.807, 2.05) is 43.1 Å². The van der Waals surface area contributed by atoms with Crippen molar-refractivity contribution in [2.45, 2.75) is 24.9 Å². The zero-order valence-electron chi connectivity index (χ0n) is 17.2. The summed E-state index contributed by atoms with van der Waals surface area (Å²) in [5.74, 6) is 0.521. The molecule has 4 rings (SSSR count). The van der Waals surface area contributed by atoms with Crippen LogP contribution in [0.4, 0.5) is 0 Å². The van der Waals surface area contributed by atoms with Crippen molar-refractivity contribution in [1.82, 2.24) is 29.5 Å². The zero-order chi connectivity index (χ0) is 21.1. The van der Waals surface area contributed by atoms with Crippen molar-refractivity contribution in [2.24, 2.45) is 7.05 Å². The van der Waals surface area contributed by atoms with Crippen LogP contribution in [0.2, 0.25) is 5.15 Å². The number of thioether (sulfide) groups is 1.